The number of nitro benzene ring substituents is 1. The van der Waals surface area contributed by atoms with Crippen molar-refractivity contribution in [2.45, 2.75) is 89.5 Å². The molecule has 4 rings (SSSR count). The molecule has 0 spiro atoms. The lowest BCUT2D eigenvalue weighted by Crippen LogP contribution is -2.44. The van der Waals surface area contributed by atoms with E-state index in [4.69, 9.17) is 0 Å². The van der Waals surface area contributed by atoms with Gasteiger partial charge in [0, 0.05) is 43.4 Å². The van der Waals surface area contributed by atoms with Crippen LogP contribution in [0.25, 0.3) is 0 Å². The van der Waals surface area contributed by atoms with Gasteiger partial charge in [0.2, 0.25) is 5.91 Å². The number of nitrogens with one attached hydrogen (secondary N) is 1. The summed E-state index contributed by atoms with van der Waals surface area (Å²) < 4.78 is 0. The van der Waals surface area contributed by atoms with Crippen LogP contribution in [0, 0.1) is 27.9 Å². The number of anilines is 1. The van der Waals surface area contributed by atoms with E-state index in [9.17, 15) is 14.9 Å². The summed E-state index contributed by atoms with van der Waals surface area (Å²) in [5, 5.41) is 14.4. The fraction of sp³-hybridized carbons (Fsp3) is 0.731. The lowest BCUT2D eigenvalue weighted by Gasteiger charge is -2.39. The Morgan fingerprint density at radius 2 is 1.66 bits per heavy atom. The number of hydrogen-bond donors (Lipinski definition) is 1. The summed E-state index contributed by atoms with van der Waals surface area (Å²) in [6, 6.07) is 7.33. The van der Waals surface area contributed by atoms with E-state index in [2.05, 4.69) is 10.2 Å². The molecule has 0 bridgehead atoms. The summed E-state index contributed by atoms with van der Waals surface area (Å²) in [5.41, 5.74) is 1.23. The van der Waals surface area contributed by atoms with E-state index >= 15 is 0 Å². The van der Waals surface area contributed by atoms with Crippen LogP contribution in [0.1, 0.15) is 83.5 Å². The van der Waals surface area contributed by atoms with Crippen molar-refractivity contribution in [1.82, 2.24) is 5.32 Å². The van der Waals surface area contributed by atoms with Gasteiger partial charge >= 0.3 is 0 Å². The highest BCUT2D eigenvalue weighted by Gasteiger charge is 2.31. The Kier molecular flexibility index (Phi) is 8.04. The number of hydrogen-bond acceptors (Lipinski definition) is 4. The van der Waals surface area contributed by atoms with Gasteiger partial charge in [0.1, 0.15) is 0 Å². The summed E-state index contributed by atoms with van der Waals surface area (Å²) >= 11 is 0. The number of carbonyl (C=O) groups excluding carboxylic acids is 1. The van der Waals surface area contributed by atoms with Gasteiger partial charge in [-0.1, -0.05) is 38.5 Å². The molecule has 3 atom stereocenters. The highest BCUT2D eigenvalue weighted by molar-refractivity contribution is 5.76. The minimum atomic E-state index is -0.339. The first kappa shape index (κ1) is 23.1. The zero-order valence-corrected chi connectivity index (χ0v) is 19.3. The van der Waals surface area contributed by atoms with Crippen molar-refractivity contribution in [2.24, 2.45) is 17.8 Å². The van der Waals surface area contributed by atoms with Crippen LogP contribution in [-0.2, 0) is 4.79 Å². The number of carbonyl (C=O) groups is 1. The molecule has 3 aliphatic rings. The normalized spacial score (nSPS) is 26.8. The lowest BCUT2D eigenvalue weighted by molar-refractivity contribution is -0.384. The first-order valence-electron chi connectivity index (χ1n) is 12.9. The van der Waals surface area contributed by atoms with Crippen LogP contribution in [-0.4, -0.2) is 30.0 Å². The Bertz CT molecular complexity index is 760. The molecule has 32 heavy (non-hydrogen) atoms. The van der Waals surface area contributed by atoms with Crippen LogP contribution in [0.15, 0.2) is 24.3 Å². The summed E-state index contributed by atoms with van der Waals surface area (Å²) in [7, 11) is 0. The number of nitrogens with zero attached hydrogens (tertiary/aromatic N) is 2. The van der Waals surface area contributed by atoms with Gasteiger partial charge in [-0.25, -0.2) is 0 Å². The summed E-state index contributed by atoms with van der Waals surface area (Å²) in [6.45, 7) is 2.02. The van der Waals surface area contributed by atoms with Gasteiger partial charge in [-0.15, -0.1) is 0 Å². The van der Waals surface area contributed by atoms with E-state index in [0.29, 0.717) is 24.3 Å². The highest BCUT2D eigenvalue weighted by Crippen LogP contribution is 2.34. The molecule has 0 aromatic heterocycles. The molecule has 176 valence electrons. The van der Waals surface area contributed by atoms with E-state index in [1.165, 1.54) is 57.8 Å². The number of amides is 1. The SMILES string of the molecule is O=C(CCC1CCCC1)N[C@@H]1CCCC[C@H]1C[C@H]1CCCN(c2ccc([N+](=O)[O-])cc2)C1. The van der Waals surface area contributed by atoms with E-state index in [-0.39, 0.29) is 16.5 Å². The van der Waals surface area contributed by atoms with Gasteiger partial charge in [-0.2, -0.15) is 0 Å². The minimum Gasteiger partial charge on any atom is -0.371 e. The maximum absolute atomic E-state index is 12.7. The van der Waals surface area contributed by atoms with Crippen molar-refractivity contribution < 1.29 is 9.72 Å². The Morgan fingerprint density at radius 3 is 2.41 bits per heavy atom. The maximum Gasteiger partial charge on any atom is 0.269 e. The van der Waals surface area contributed by atoms with Gasteiger partial charge in [-0.05, 0) is 68.4 Å². The predicted molar refractivity (Wildman–Crippen MR) is 128 cm³/mol. The van der Waals surface area contributed by atoms with Crippen LogP contribution in [0.2, 0.25) is 0 Å². The quantitative estimate of drug-likeness (QED) is 0.406. The van der Waals surface area contributed by atoms with E-state index < -0.39 is 0 Å². The van der Waals surface area contributed by atoms with E-state index in [0.717, 1.165) is 44.0 Å². The second-order valence-electron chi connectivity index (χ2n) is 10.4. The Labute approximate surface area is 192 Å². The average Bonchev–Trinajstić information content (AvgIpc) is 3.33. The first-order chi connectivity index (χ1) is 15.6. The zero-order valence-electron chi connectivity index (χ0n) is 19.3. The molecule has 1 aromatic carbocycles. The predicted octanol–water partition coefficient (Wildman–Crippen LogP) is 5.85. The minimum absolute atomic E-state index is 0.149. The Morgan fingerprint density at radius 1 is 0.969 bits per heavy atom. The van der Waals surface area contributed by atoms with Crippen molar-refractivity contribution in [1.29, 1.82) is 0 Å². The van der Waals surface area contributed by atoms with Gasteiger partial charge in [0.25, 0.3) is 5.69 Å². The van der Waals surface area contributed by atoms with Crippen LogP contribution in [0.5, 0.6) is 0 Å². The van der Waals surface area contributed by atoms with Crippen molar-refractivity contribution >= 4 is 17.3 Å². The van der Waals surface area contributed by atoms with Gasteiger partial charge in [-0.3, -0.25) is 14.9 Å². The monoisotopic (exact) mass is 441 g/mol. The van der Waals surface area contributed by atoms with Gasteiger partial charge in [0.15, 0.2) is 0 Å². The molecule has 6 heteroatoms. The molecule has 1 heterocycles. The fourth-order valence-corrected chi connectivity index (χ4v) is 6.30. The van der Waals surface area contributed by atoms with Gasteiger partial charge < -0.3 is 10.2 Å². The van der Waals surface area contributed by atoms with E-state index in [1.807, 2.05) is 12.1 Å². The zero-order chi connectivity index (χ0) is 22.3. The molecule has 2 aliphatic carbocycles. The summed E-state index contributed by atoms with van der Waals surface area (Å²) in [4.78, 5) is 25.6. The van der Waals surface area contributed by atoms with Crippen molar-refractivity contribution in [2.75, 3.05) is 18.0 Å². The molecule has 1 amide bonds. The molecule has 1 saturated heterocycles. The molecule has 6 nitrogen and oxygen atoms in total. The highest BCUT2D eigenvalue weighted by atomic mass is 16.6. The van der Waals surface area contributed by atoms with Crippen molar-refractivity contribution in [3.05, 3.63) is 34.4 Å². The number of benzene rings is 1. The van der Waals surface area contributed by atoms with Crippen molar-refractivity contribution in [3.8, 4) is 0 Å². The van der Waals surface area contributed by atoms with Gasteiger partial charge in [0.05, 0.1) is 4.92 Å². The first-order valence-corrected chi connectivity index (χ1v) is 12.9. The molecule has 1 aromatic rings. The standard InChI is InChI=1S/C26H39N3O3/c30-26(16-11-20-6-1-2-7-20)27-25-10-4-3-9-22(25)18-21-8-5-17-28(19-21)23-12-14-24(15-13-23)29(31)32/h12-15,20-22,25H,1-11,16-19H2,(H,27,30)/t21-,22+,25-/m1/s1. The number of piperidine rings is 1. The average molecular weight is 442 g/mol. The topological polar surface area (TPSA) is 75.5 Å². The van der Waals surface area contributed by atoms with Crippen LogP contribution in [0.3, 0.4) is 0 Å². The Balaban J connectivity index is 1.28. The number of rotatable bonds is 8. The fourth-order valence-electron chi connectivity index (χ4n) is 6.30. The lowest BCUT2D eigenvalue weighted by atomic mass is 9.77. The van der Waals surface area contributed by atoms with Crippen molar-refractivity contribution in [3.63, 3.8) is 0 Å². The third-order valence-electron chi connectivity index (χ3n) is 8.09. The molecule has 3 fully saturated rings. The number of non-ortho nitro benzene ring substituents is 1. The molecular weight excluding hydrogens is 402 g/mol. The molecule has 0 radical (unpaired) electrons. The smallest absolute Gasteiger partial charge is 0.269 e. The van der Waals surface area contributed by atoms with Crippen LogP contribution in [0.4, 0.5) is 11.4 Å². The third-order valence-corrected chi connectivity index (χ3v) is 8.09. The maximum atomic E-state index is 12.7. The second-order valence-corrected chi connectivity index (χ2v) is 10.4. The Hall–Kier alpha value is -2.11. The van der Waals surface area contributed by atoms with Crippen LogP contribution < -0.4 is 10.2 Å². The number of nitro groups is 1. The largest absolute Gasteiger partial charge is 0.371 e. The molecule has 1 aliphatic heterocycles. The molecule has 0 unspecified atom stereocenters. The van der Waals surface area contributed by atoms with E-state index in [1.54, 1.807) is 12.1 Å². The summed E-state index contributed by atoms with van der Waals surface area (Å²) in [5.74, 6) is 2.25. The molecule has 2 saturated carbocycles. The van der Waals surface area contributed by atoms with Crippen LogP contribution >= 0.6 is 0 Å². The summed E-state index contributed by atoms with van der Waals surface area (Å²) in [6.07, 6.45) is 15.5. The second kappa shape index (κ2) is 11.2. The third kappa shape index (κ3) is 6.23. The molecule has 1 N–H and O–H groups in total. The molecular formula is C26H39N3O3.